The number of nitrogens with one attached hydrogen (secondary N) is 1. The van der Waals surface area contributed by atoms with Crippen molar-refractivity contribution in [2.75, 3.05) is 11.1 Å². The summed E-state index contributed by atoms with van der Waals surface area (Å²) >= 11 is 12.3. The Hall–Kier alpha value is -2.63. The van der Waals surface area contributed by atoms with Crippen molar-refractivity contribution in [3.63, 3.8) is 0 Å². The minimum atomic E-state index is -3.55. The average molecular weight is 430 g/mol. The third-order valence-corrected chi connectivity index (χ3v) is 5.57. The number of primary amides is 1. The Morgan fingerprint density at radius 2 is 1.93 bits per heavy atom. The number of amides is 1. The summed E-state index contributed by atoms with van der Waals surface area (Å²) in [6.45, 7) is 1.49. The van der Waals surface area contributed by atoms with Crippen molar-refractivity contribution in [1.82, 2.24) is 24.2 Å². The van der Waals surface area contributed by atoms with E-state index in [2.05, 4.69) is 20.6 Å². The van der Waals surface area contributed by atoms with Crippen LogP contribution in [0.2, 0.25) is 10.0 Å². The van der Waals surface area contributed by atoms with Crippen LogP contribution in [0.3, 0.4) is 0 Å². The number of benzene rings is 1. The molecule has 2 heterocycles. The Bertz CT molecular complexity index is 1100. The quantitative estimate of drug-likeness (QED) is 0.608. The molecule has 3 aromatic rings. The van der Waals surface area contributed by atoms with Gasteiger partial charge in [0.1, 0.15) is 5.69 Å². The van der Waals surface area contributed by atoms with E-state index in [-0.39, 0.29) is 38.7 Å². The molecule has 142 valence electrons. The third-order valence-electron chi connectivity index (χ3n) is 3.46. The number of nitrogens with zero attached hydrogens (tertiary/aromatic N) is 5. The van der Waals surface area contributed by atoms with Crippen LogP contribution in [0.5, 0.6) is 0 Å². The van der Waals surface area contributed by atoms with Crippen molar-refractivity contribution >= 4 is 50.6 Å². The first-order valence-electron chi connectivity index (χ1n) is 7.49. The second kappa shape index (κ2) is 7.18. The van der Waals surface area contributed by atoms with Crippen LogP contribution in [-0.2, 0) is 10.0 Å². The van der Waals surface area contributed by atoms with E-state index in [9.17, 15) is 13.2 Å². The Morgan fingerprint density at radius 1 is 1.26 bits per heavy atom. The third kappa shape index (κ3) is 3.75. The lowest BCUT2D eigenvalue weighted by atomic mass is 10.3. The highest BCUT2D eigenvalue weighted by Gasteiger charge is 2.21. The molecular weight excluding hydrogens is 417 g/mol. The minimum Gasteiger partial charge on any atom is -0.364 e. The number of hydrogen-bond acceptors (Lipinski definition) is 7. The van der Waals surface area contributed by atoms with Crippen molar-refractivity contribution in [3.8, 4) is 5.69 Å². The van der Waals surface area contributed by atoms with Gasteiger partial charge in [0, 0.05) is 0 Å². The molecule has 0 unspecified atom stereocenters. The number of rotatable bonds is 6. The Balaban J connectivity index is 2.02. The Kier molecular flexibility index (Phi) is 5.09. The van der Waals surface area contributed by atoms with Gasteiger partial charge in [0.15, 0.2) is 11.5 Å². The van der Waals surface area contributed by atoms with Crippen molar-refractivity contribution in [1.29, 1.82) is 0 Å². The monoisotopic (exact) mass is 429 g/mol. The van der Waals surface area contributed by atoms with Gasteiger partial charge in [-0.3, -0.25) is 4.79 Å². The molecule has 2 aromatic heterocycles. The van der Waals surface area contributed by atoms with E-state index < -0.39 is 15.9 Å². The van der Waals surface area contributed by atoms with Gasteiger partial charge in [0.25, 0.3) is 15.9 Å². The molecule has 13 heteroatoms. The predicted molar refractivity (Wildman–Crippen MR) is 100 cm³/mol. The summed E-state index contributed by atoms with van der Waals surface area (Å²) in [6.07, 6.45) is 2.50. The van der Waals surface area contributed by atoms with Crippen LogP contribution in [0.4, 0.5) is 11.5 Å². The summed E-state index contributed by atoms with van der Waals surface area (Å²) in [5, 5.41) is 15.2. The Morgan fingerprint density at radius 3 is 2.52 bits per heavy atom. The fraction of sp³-hybridized carbons (Fsp3) is 0.143. The van der Waals surface area contributed by atoms with Gasteiger partial charge in [-0.2, -0.15) is 9.19 Å². The molecule has 27 heavy (non-hydrogen) atoms. The molecule has 0 atom stereocenters. The van der Waals surface area contributed by atoms with E-state index in [0.29, 0.717) is 0 Å². The zero-order valence-corrected chi connectivity index (χ0v) is 16.1. The van der Waals surface area contributed by atoms with Crippen LogP contribution < -0.4 is 11.1 Å². The highest BCUT2D eigenvalue weighted by molar-refractivity contribution is 7.89. The standard InChI is InChI=1S/C14H13Cl2N7O3S/c1-2-27(25,26)22-7-8(6-18-22)19-14-11(13(17)24)20-23(21-14)12-9(15)4-3-5-10(12)16/h3-7H,2H2,1H3,(H2,17,24)(H,19,21). The summed E-state index contributed by atoms with van der Waals surface area (Å²) in [6, 6.07) is 4.82. The van der Waals surface area contributed by atoms with Crippen molar-refractivity contribution in [3.05, 3.63) is 46.3 Å². The fourth-order valence-electron chi connectivity index (χ4n) is 2.13. The van der Waals surface area contributed by atoms with E-state index in [1.54, 1.807) is 18.2 Å². The molecule has 3 rings (SSSR count). The van der Waals surface area contributed by atoms with Crippen LogP contribution in [0.25, 0.3) is 5.69 Å². The van der Waals surface area contributed by atoms with Crippen molar-refractivity contribution in [2.45, 2.75) is 6.92 Å². The number of anilines is 2. The normalized spacial score (nSPS) is 11.5. The second-order valence-electron chi connectivity index (χ2n) is 5.25. The van der Waals surface area contributed by atoms with Crippen molar-refractivity contribution < 1.29 is 13.2 Å². The first-order chi connectivity index (χ1) is 12.7. The lowest BCUT2D eigenvalue weighted by molar-refractivity contribution is 0.0996. The topological polar surface area (TPSA) is 138 Å². The van der Waals surface area contributed by atoms with Crippen LogP contribution in [0, 0.1) is 0 Å². The molecule has 1 amide bonds. The maximum absolute atomic E-state index is 11.8. The van der Waals surface area contributed by atoms with Gasteiger partial charge in [-0.05, 0) is 19.1 Å². The molecule has 3 N–H and O–H groups in total. The molecule has 0 spiro atoms. The van der Waals surface area contributed by atoms with Gasteiger partial charge in [-0.15, -0.1) is 15.0 Å². The SMILES string of the molecule is CCS(=O)(=O)n1cc(Nc2nn(-c3c(Cl)cccc3Cl)nc2C(N)=O)cn1. The van der Waals surface area contributed by atoms with E-state index in [4.69, 9.17) is 28.9 Å². The molecule has 0 fully saturated rings. The number of carbonyl (C=O) groups excluding carboxylic acids is 1. The van der Waals surface area contributed by atoms with Gasteiger partial charge >= 0.3 is 0 Å². The molecule has 0 bridgehead atoms. The smallest absolute Gasteiger partial charge is 0.273 e. The fourth-order valence-corrected chi connectivity index (χ4v) is 3.41. The maximum atomic E-state index is 11.8. The minimum absolute atomic E-state index is 0.00747. The number of para-hydroxylation sites is 1. The zero-order chi connectivity index (χ0) is 19.8. The van der Waals surface area contributed by atoms with Gasteiger partial charge in [0.05, 0.1) is 33.9 Å². The van der Waals surface area contributed by atoms with Crippen LogP contribution >= 0.6 is 23.2 Å². The first kappa shape index (κ1) is 19.1. The number of halogens is 2. The summed E-state index contributed by atoms with van der Waals surface area (Å²) in [5.74, 6) is -0.977. The van der Waals surface area contributed by atoms with E-state index in [1.807, 2.05) is 0 Å². The van der Waals surface area contributed by atoms with Gasteiger partial charge in [-0.1, -0.05) is 29.3 Å². The average Bonchev–Trinajstić information content (AvgIpc) is 3.23. The predicted octanol–water partition coefficient (Wildman–Crippen LogP) is 1.81. The largest absolute Gasteiger partial charge is 0.364 e. The maximum Gasteiger partial charge on any atom is 0.273 e. The highest BCUT2D eigenvalue weighted by Crippen LogP contribution is 2.28. The first-order valence-corrected chi connectivity index (χ1v) is 9.86. The van der Waals surface area contributed by atoms with Gasteiger partial charge < -0.3 is 11.1 Å². The van der Waals surface area contributed by atoms with Gasteiger partial charge in [0.2, 0.25) is 0 Å². The number of nitrogens with two attached hydrogens (primary N) is 1. The van der Waals surface area contributed by atoms with Crippen LogP contribution in [0.15, 0.2) is 30.6 Å². The highest BCUT2D eigenvalue weighted by atomic mass is 35.5. The van der Waals surface area contributed by atoms with Crippen molar-refractivity contribution in [2.24, 2.45) is 5.73 Å². The molecular formula is C14H13Cl2N7O3S. The van der Waals surface area contributed by atoms with Crippen LogP contribution in [-0.4, -0.2) is 44.3 Å². The molecule has 0 aliphatic heterocycles. The second-order valence-corrected chi connectivity index (χ2v) is 8.18. The molecule has 0 radical (unpaired) electrons. The summed E-state index contributed by atoms with van der Waals surface area (Å²) in [4.78, 5) is 12.8. The summed E-state index contributed by atoms with van der Waals surface area (Å²) in [7, 11) is -3.55. The lowest BCUT2D eigenvalue weighted by Crippen LogP contribution is -2.15. The van der Waals surface area contributed by atoms with E-state index >= 15 is 0 Å². The summed E-state index contributed by atoms with van der Waals surface area (Å²) in [5.41, 5.74) is 5.71. The number of carbonyl (C=O) groups is 1. The molecule has 10 nitrogen and oxygen atoms in total. The molecule has 0 saturated carbocycles. The van der Waals surface area contributed by atoms with Gasteiger partial charge in [-0.25, -0.2) is 8.42 Å². The van der Waals surface area contributed by atoms with E-state index in [1.165, 1.54) is 19.3 Å². The lowest BCUT2D eigenvalue weighted by Gasteiger charge is -2.04. The molecule has 0 saturated heterocycles. The molecule has 0 aliphatic rings. The van der Waals surface area contributed by atoms with E-state index in [0.717, 1.165) is 8.88 Å². The Labute approximate surface area is 163 Å². The number of hydrogen-bond donors (Lipinski definition) is 2. The zero-order valence-electron chi connectivity index (χ0n) is 13.8. The number of aromatic nitrogens is 5. The molecule has 0 aliphatic carbocycles. The van der Waals surface area contributed by atoms with Crippen LogP contribution in [0.1, 0.15) is 17.4 Å². The summed E-state index contributed by atoms with van der Waals surface area (Å²) < 4.78 is 24.5. The molecule has 1 aromatic carbocycles.